The predicted octanol–water partition coefficient (Wildman–Crippen LogP) is 2.28. The summed E-state index contributed by atoms with van der Waals surface area (Å²) in [4.78, 5) is 0. The molecular weight excluding hydrogens is 212 g/mol. The van der Waals surface area contributed by atoms with Crippen molar-refractivity contribution in [1.82, 2.24) is 20.3 Å². The van der Waals surface area contributed by atoms with E-state index >= 15 is 0 Å². The molecule has 0 unspecified atom stereocenters. The van der Waals surface area contributed by atoms with Crippen LogP contribution in [0.2, 0.25) is 0 Å². The molecule has 1 aliphatic heterocycles. The standard InChI is InChI=1S/C13H24N4/c1-2-3-4-5-6-7-10-17-13-8-9-14-11-12(13)15-16-17/h14H,2-11H2,1H3. The molecule has 0 aliphatic carbocycles. The second-order valence-corrected chi connectivity index (χ2v) is 4.90. The van der Waals surface area contributed by atoms with E-state index in [4.69, 9.17) is 0 Å². The highest BCUT2D eigenvalue weighted by molar-refractivity contribution is 5.13. The van der Waals surface area contributed by atoms with Crippen LogP contribution < -0.4 is 5.32 Å². The molecule has 0 spiro atoms. The summed E-state index contributed by atoms with van der Waals surface area (Å²) in [5.74, 6) is 0. The van der Waals surface area contributed by atoms with Crippen LogP contribution in [0.4, 0.5) is 0 Å². The van der Waals surface area contributed by atoms with Crippen LogP contribution in [0, 0.1) is 0 Å². The van der Waals surface area contributed by atoms with E-state index in [1.807, 2.05) is 0 Å². The molecular formula is C13H24N4. The predicted molar refractivity (Wildman–Crippen MR) is 68.8 cm³/mol. The summed E-state index contributed by atoms with van der Waals surface area (Å²) in [6.07, 6.45) is 9.11. The zero-order valence-corrected chi connectivity index (χ0v) is 10.9. The average molecular weight is 236 g/mol. The average Bonchev–Trinajstić information content (AvgIpc) is 2.77. The number of hydrogen-bond donors (Lipinski definition) is 1. The first-order chi connectivity index (χ1) is 8.42. The molecule has 1 aromatic rings. The van der Waals surface area contributed by atoms with E-state index in [2.05, 4.69) is 27.2 Å². The lowest BCUT2D eigenvalue weighted by Gasteiger charge is -2.13. The van der Waals surface area contributed by atoms with Crippen LogP contribution in [-0.2, 0) is 19.5 Å². The molecule has 0 saturated carbocycles. The van der Waals surface area contributed by atoms with Crippen LogP contribution in [0.1, 0.15) is 56.8 Å². The van der Waals surface area contributed by atoms with Crippen LogP contribution in [0.15, 0.2) is 0 Å². The topological polar surface area (TPSA) is 42.7 Å². The summed E-state index contributed by atoms with van der Waals surface area (Å²) in [5, 5.41) is 11.8. The van der Waals surface area contributed by atoms with Crippen molar-refractivity contribution in [2.75, 3.05) is 6.54 Å². The fraction of sp³-hybridized carbons (Fsp3) is 0.846. The maximum Gasteiger partial charge on any atom is 0.0997 e. The molecule has 1 aliphatic rings. The van der Waals surface area contributed by atoms with Gasteiger partial charge in [-0.1, -0.05) is 44.2 Å². The van der Waals surface area contributed by atoms with Crippen molar-refractivity contribution in [3.05, 3.63) is 11.4 Å². The van der Waals surface area contributed by atoms with Crippen LogP contribution >= 0.6 is 0 Å². The summed E-state index contributed by atoms with van der Waals surface area (Å²) in [5.41, 5.74) is 2.51. The third-order valence-corrected chi connectivity index (χ3v) is 3.47. The minimum Gasteiger partial charge on any atom is -0.311 e. The molecule has 1 N–H and O–H groups in total. The highest BCUT2D eigenvalue weighted by Crippen LogP contribution is 2.12. The molecule has 0 aromatic carbocycles. The molecule has 96 valence electrons. The van der Waals surface area contributed by atoms with Gasteiger partial charge in [0.1, 0.15) is 0 Å². The van der Waals surface area contributed by atoms with Crippen molar-refractivity contribution in [3.8, 4) is 0 Å². The van der Waals surface area contributed by atoms with Gasteiger partial charge in [-0.05, 0) is 6.42 Å². The molecule has 0 atom stereocenters. The van der Waals surface area contributed by atoms with Crippen LogP contribution in [0.25, 0.3) is 0 Å². The first-order valence-electron chi connectivity index (χ1n) is 7.03. The van der Waals surface area contributed by atoms with Gasteiger partial charge in [0.25, 0.3) is 0 Å². The Bertz CT molecular complexity index is 332. The lowest BCUT2D eigenvalue weighted by atomic mass is 10.1. The number of aromatic nitrogens is 3. The third-order valence-electron chi connectivity index (χ3n) is 3.47. The molecule has 4 nitrogen and oxygen atoms in total. The van der Waals surface area contributed by atoms with Gasteiger partial charge in [0.05, 0.1) is 11.4 Å². The van der Waals surface area contributed by atoms with Gasteiger partial charge in [-0.25, -0.2) is 4.68 Å². The Balaban J connectivity index is 1.70. The van der Waals surface area contributed by atoms with E-state index in [0.29, 0.717) is 0 Å². The van der Waals surface area contributed by atoms with Gasteiger partial charge in [-0.2, -0.15) is 0 Å². The zero-order chi connectivity index (χ0) is 11.9. The monoisotopic (exact) mass is 236 g/mol. The Hall–Kier alpha value is -0.900. The Morgan fingerprint density at radius 2 is 2.00 bits per heavy atom. The molecule has 0 bridgehead atoms. The Morgan fingerprint density at radius 1 is 1.18 bits per heavy atom. The largest absolute Gasteiger partial charge is 0.311 e. The summed E-state index contributed by atoms with van der Waals surface area (Å²) in [6.45, 7) is 5.27. The molecule has 1 aromatic heterocycles. The minimum atomic E-state index is 0.895. The number of nitrogens with zero attached hydrogens (tertiary/aromatic N) is 3. The highest BCUT2D eigenvalue weighted by Gasteiger charge is 2.15. The van der Waals surface area contributed by atoms with Crippen molar-refractivity contribution in [1.29, 1.82) is 0 Å². The Labute approximate surface area is 104 Å². The second kappa shape index (κ2) is 6.74. The van der Waals surface area contributed by atoms with Gasteiger partial charge in [0.15, 0.2) is 0 Å². The minimum absolute atomic E-state index is 0.895. The molecule has 4 heteroatoms. The Kier molecular flexibility index (Phi) is 4.98. The van der Waals surface area contributed by atoms with E-state index in [9.17, 15) is 0 Å². The first-order valence-corrected chi connectivity index (χ1v) is 7.03. The Morgan fingerprint density at radius 3 is 2.88 bits per heavy atom. The summed E-state index contributed by atoms with van der Waals surface area (Å²) in [6, 6.07) is 0. The first kappa shape index (κ1) is 12.6. The van der Waals surface area contributed by atoms with E-state index in [0.717, 1.165) is 31.7 Å². The van der Waals surface area contributed by atoms with Crippen molar-refractivity contribution in [2.45, 2.75) is 65.0 Å². The summed E-state index contributed by atoms with van der Waals surface area (Å²) in [7, 11) is 0. The lowest BCUT2D eigenvalue weighted by Crippen LogP contribution is -2.25. The van der Waals surface area contributed by atoms with E-state index in [1.54, 1.807) is 0 Å². The van der Waals surface area contributed by atoms with Gasteiger partial charge in [0.2, 0.25) is 0 Å². The van der Waals surface area contributed by atoms with Crippen molar-refractivity contribution >= 4 is 0 Å². The molecule has 2 rings (SSSR count). The maximum atomic E-state index is 4.26. The van der Waals surface area contributed by atoms with E-state index in [-0.39, 0.29) is 0 Å². The van der Waals surface area contributed by atoms with Crippen LogP contribution in [-0.4, -0.2) is 21.5 Å². The lowest BCUT2D eigenvalue weighted by molar-refractivity contribution is 0.497. The fourth-order valence-corrected chi connectivity index (χ4v) is 2.41. The number of nitrogens with one attached hydrogen (secondary N) is 1. The number of fused-ring (bicyclic) bond motifs is 1. The summed E-state index contributed by atoms with van der Waals surface area (Å²) < 4.78 is 2.12. The van der Waals surface area contributed by atoms with Crippen molar-refractivity contribution < 1.29 is 0 Å². The third kappa shape index (κ3) is 3.53. The van der Waals surface area contributed by atoms with Gasteiger partial charge >= 0.3 is 0 Å². The number of hydrogen-bond acceptors (Lipinski definition) is 3. The molecule has 0 saturated heterocycles. The number of unbranched alkanes of at least 4 members (excludes halogenated alkanes) is 5. The molecule has 0 amide bonds. The molecule has 0 fully saturated rings. The molecule has 2 heterocycles. The highest BCUT2D eigenvalue weighted by atomic mass is 15.4. The quantitative estimate of drug-likeness (QED) is 0.739. The van der Waals surface area contributed by atoms with Gasteiger partial charge in [0, 0.05) is 26.1 Å². The summed E-state index contributed by atoms with van der Waals surface area (Å²) >= 11 is 0. The fourth-order valence-electron chi connectivity index (χ4n) is 2.41. The number of rotatable bonds is 7. The van der Waals surface area contributed by atoms with Crippen LogP contribution in [0.5, 0.6) is 0 Å². The molecule has 0 radical (unpaired) electrons. The van der Waals surface area contributed by atoms with E-state index < -0.39 is 0 Å². The van der Waals surface area contributed by atoms with Crippen molar-refractivity contribution in [3.63, 3.8) is 0 Å². The second-order valence-electron chi connectivity index (χ2n) is 4.90. The smallest absolute Gasteiger partial charge is 0.0997 e. The van der Waals surface area contributed by atoms with Gasteiger partial charge in [-0.3, -0.25) is 0 Å². The molecule has 17 heavy (non-hydrogen) atoms. The maximum absolute atomic E-state index is 4.26. The zero-order valence-electron chi connectivity index (χ0n) is 10.9. The van der Waals surface area contributed by atoms with Crippen LogP contribution in [0.3, 0.4) is 0 Å². The van der Waals surface area contributed by atoms with Gasteiger partial charge in [-0.15, -0.1) is 5.10 Å². The van der Waals surface area contributed by atoms with E-state index in [1.165, 1.54) is 44.2 Å². The van der Waals surface area contributed by atoms with Crippen molar-refractivity contribution in [2.24, 2.45) is 0 Å². The SMILES string of the molecule is CCCCCCCCn1nnc2c1CCNC2. The van der Waals surface area contributed by atoms with Gasteiger partial charge < -0.3 is 5.32 Å². The number of aryl methyl sites for hydroxylation is 1. The normalized spacial score (nSPS) is 14.9.